The number of amides is 3. The van der Waals surface area contributed by atoms with Gasteiger partial charge in [0.25, 0.3) is 5.91 Å². The molecule has 41 heavy (non-hydrogen) atoms. The Kier molecular flexibility index (Phi) is 11.7. The van der Waals surface area contributed by atoms with Crippen LogP contribution in [0.5, 0.6) is 0 Å². The number of carbonyl (C=O) groups is 3. The van der Waals surface area contributed by atoms with Crippen molar-refractivity contribution in [1.82, 2.24) is 25.3 Å². The van der Waals surface area contributed by atoms with E-state index in [0.717, 1.165) is 31.7 Å². The average molecular weight is 558 g/mol. The zero-order chi connectivity index (χ0) is 28.7. The summed E-state index contributed by atoms with van der Waals surface area (Å²) >= 11 is 0. The van der Waals surface area contributed by atoms with Gasteiger partial charge in [0.15, 0.2) is 6.61 Å². The predicted octanol–water partition coefficient (Wildman–Crippen LogP) is 2.88. The largest absolute Gasteiger partial charge is 0.439 e. The molecular formula is C32H39N5O4. The fourth-order valence-electron chi connectivity index (χ4n) is 4.70. The summed E-state index contributed by atoms with van der Waals surface area (Å²) < 4.78 is 5.29. The summed E-state index contributed by atoms with van der Waals surface area (Å²) in [5, 5.41) is 5.83. The molecule has 3 aromatic rings. The van der Waals surface area contributed by atoms with Crippen LogP contribution in [0.1, 0.15) is 16.7 Å². The van der Waals surface area contributed by atoms with Gasteiger partial charge in [-0.05, 0) is 16.7 Å². The Labute approximate surface area is 242 Å². The molecule has 9 nitrogen and oxygen atoms in total. The maximum absolute atomic E-state index is 12.9. The molecule has 0 bridgehead atoms. The van der Waals surface area contributed by atoms with E-state index in [9.17, 15) is 14.4 Å². The van der Waals surface area contributed by atoms with Crippen LogP contribution in [0.4, 0.5) is 4.79 Å². The first kappa shape index (κ1) is 29.8. The lowest BCUT2D eigenvalue weighted by Gasteiger charge is -2.28. The lowest BCUT2D eigenvalue weighted by Crippen LogP contribution is -2.43. The SMILES string of the molecule is O=C1COC(=O)N(Cc2ccccc2)CC(=O)NCCN(Cc2ccccc2)CCN(Cc2ccccc2)CCN1. The number of nitrogens with one attached hydrogen (secondary N) is 2. The molecule has 1 aliphatic rings. The van der Waals surface area contributed by atoms with Crippen LogP contribution in [-0.4, -0.2) is 85.0 Å². The number of hydrogen-bond acceptors (Lipinski definition) is 6. The molecule has 216 valence electrons. The highest BCUT2D eigenvalue weighted by Crippen LogP contribution is 2.09. The Bertz CT molecular complexity index is 1230. The number of cyclic esters (lactones) is 1. The number of ether oxygens (including phenoxy) is 1. The summed E-state index contributed by atoms with van der Waals surface area (Å²) in [7, 11) is 0. The molecule has 1 fully saturated rings. The molecule has 0 aromatic heterocycles. The molecule has 0 atom stereocenters. The Morgan fingerprint density at radius 3 is 1.49 bits per heavy atom. The number of benzene rings is 3. The monoisotopic (exact) mass is 557 g/mol. The summed E-state index contributed by atoms with van der Waals surface area (Å²) in [4.78, 5) is 44.2. The molecule has 0 unspecified atom stereocenters. The van der Waals surface area contributed by atoms with Gasteiger partial charge < -0.3 is 15.4 Å². The minimum absolute atomic E-state index is 0.168. The molecule has 0 spiro atoms. The van der Waals surface area contributed by atoms with Gasteiger partial charge in [-0.3, -0.25) is 24.3 Å². The highest BCUT2D eigenvalue weighted by atomic mass is 16.6. The average Bonchev–Trinajstić information content (AvgIpc) is 2.99. The second-order valence-electron chi connectivity index (χ2n) is 10.1. The predicted molar refractivity (Wildman–Crippen MR) is 158 cm³/mol. The summed E-state index contributed by atoms with van der Waals surface area (Å²) in [6.45, 7) is 4.85. The van der Waals surface area contributed by atoms with E-state index in [2.05, 4.69) is 44.7 Å². The van der Waals surface area contributed by atoms with Crippen LogP contribution in [0.3, 0.4) is 0 Å². The van der Waals surface area contributed by atoms with Crippen molar-refractivity contribution in [3.8, 4) is 0 Å². The molecule has 1 aliphatic heterocycles. The van der Waals surface area contributed by atoms with E-state index in [1.807, 2.05) is 66.7 Å². The zero-order valence-corrected chi connectivity index (χ0v) is 23.4. The van der Waals surface area contributed by atoms with Crippen LogP contribution in [0.2, 0.25) is 0 Å². The van der Waals surface area contributed by atoms with E-state index in [4.69, 9.17) is 4.74 Å². The molecular weight excluding hydrogens is 518 g/mol. The smallest absolute Gasteiger partial charge is 0.411 e. The highest BCUT2D eigenvalue weighted by Gasteiger charge is 2.21. The topological polar surface area (TPSA) is 94.2 Å². The van der Waals surface area contributed by atoms with Crippen LogP contribution < -0.4 is 10.6 Å². The first-order chi connectivity index (χ1) is 20.0. The number of rotatable bonds is 6. The number of nitrogens with zero attached hydrogens (tertiary/aromatic N) is 3. The van der Waals surface area contributed by atoms with Crippen LogP contribution in [-0.2, 0) is 34.0 Å². The second kappa shape index (κ2) is 16.2. The first-order valence-corrected chi connectivity index (χ1v) is 14.1. The lowest BCUT2D eigenvalue weighted by atomic mass is 10.2. The number of hydrogen-bond donors (Lipinski definition) is 2. The first-order valence-electron chi connectivity index (χ1n) is 14.1. The normalized spacial score (nSPS) is 17.3. The Hall–Kier alpha value is -4.21. The van der Waals surface area contributed by atoms with Crippen molar-refractivity contribution in [2.75, 3.05) is 52.4 Å². The van der Waals surface area contributed by atoms with Crippen molar-refractivity contribution in [3.63, 3.8) is 0 Å². The molecule has 0 saturated carbocycles. The van der Waals surface area contributed by atoms with Crippen molar-refractivity contribution >= 4 is 17.9 Å². The van der Waals surface area contributed by atoms with E-state index in [-0.39, 0.29) is 24.9 Å². The maximum Gasteiger partial charge on any atom is 0.411 e. The zero-order valence-electron chi connectivity index (χ0n) is 23.4. The van der Waals surface area contributed by atoms with Gasteiger partial charge in [0.05, 0.1) is 0 Å². The van der Waals surface area contributed by atoms with Crippen molar-refractivity contribution < 1.29 is 19.1 Å². The third-order valence-corrected chi connectivity index (χ3v) is 6.87. The van der Waals surface area contributed by atoms with Crippen LogP contribution in [0, 0.1) is 0 Å². The fourth-order valence-corrected chi connectivity index (χ4v) is 4.70. The van der Waals surface area contributed by atoms with Crippen molar-refractivity contribution in [1.29, 1.82) is 0 Å². The molecule has 3 amide bonds. The van der Waals surface area contributed by atoms with Crippen molar-refractivity contribution in [2.45, 2.75) is 19.6 Å². The van der Waals surface area contributed by atoms with Gasteiger partial charge in [0, 0.05) is 58.9 Å². The Balaban J connectivity index is 1.47. The van der Waals surface area contributed by atoms with Crippen molar-refractivity contribution in [2.24, 2.45) is 0 Å². The van der Waals surface area contributed by atoms with Crippen LogP contribution in [0.25, 0.3) is 0 Å². The quantitative estimate of drug-likeness (QED) is 0.484. The van der Waals surface area contributed by atoms with Gasteiger partial charge in [-0.1, -0.05) is 91.0 Å². The Morgan fingerprint density at radius 1 is 0.561 bits per heavy atom. The summed E-state index contributed by atoms with van der Waals surface area (Å²) in [6, 6.07) is 29.9. The maximum atomic E-state index is 12.9. The third kappa shape index (κ3) is 10.7. The van der Waals surface area contributed by atoms with E-state index in [0.29, 0.717) is 26.2 Å². The summed E-state index contributed by atoms with van der Waals surface area (Å²) in [5.74, 6) is -0.658. The molecule has 0 aliphatic carbocycles. The van der Waals surface area contributed by atoms with Crippen LogP contribution >= 0.6 is 0 Å². The van der Waals surface area contributed by atoms with E-state index in [1.54, 1.807) is 0 Å². The van der Waals surface area contributed by atoms with E-state index in [1.165, 1.54) is 16.0 Å². The van der Waals surface area contributed by atoms with Gasteiger partial charge >= 0.3 is 6.09 Å². The molecule has 4 rings (SSSR count). The summed E-state index contributed by atoms with van der Waals surface area (Å²) in [6.07, 6.45) is -0.708. The standard InChI is InChI=1S/C32H39N5O4/c38-30-25-37(24-29-14-8-3-9-15-29)32(40)41-26-31(39)34-17-19-36(23-28-12-6-2-7-13-28)21-20-35(18-16-33-30)22-27-10-4-1-5-11-27/h1-15H,16-26H2,(H,33,38)(H,34,39). The van der Waals surface area contributed by atoms with Gasteiger partial charge in [-0.2, -0.15) is 0 Å². The van der Waals surface area contributed by atoms with E-state index < -0.39 is 12.7 Å². The minimum Gasteiger partial charge on any atom is -0.439 e. The van der Waals surface area contributed by atoms with Gasteiger partial charge in [0.2, 0.25) is 5.91 Å². The summed E-state index contributed by atoms with van der Waals surface area (Å²) in [5.41, 5.74) is 3.25. The third-order valence-electron chi connectivity index (χ3n) is 6.87. The molecule has 1 heterocycles. The van der Waals surface area contributed by atoms with Crippen molar-refractivity contribution in [3.05, 3.63) is 108 Å². The molecule has 1 saturated heterocycles. The Morgan fingerprint density at radius 2 is 1.00 bits per heavy atom. The fraction of sp³-hybridized carbons (Fsp3) is 0.344. The molecule has 2 N–H and O–H groups in total. The lowest BCUT2D eigenvalue weighted by molar-refractivity contribution is -0.124. The molecule has 3 aromatic carbocycles. The van der Waals surface area contributed by atoms with Gasteiger partial charge in [0.1, 0.15) is 6.54 Å². The molecule has 0 radical (unpaired) electrons. The van der Waals surface area contributed by atoms with Gasteiger partial charge in [-0.25, -0.2) is 4.79 Å². The van der Waals surface area contributed by atoms with Gasteiger partial charge in [-0.15, -0.1) is 0 Å². The molecule has 9 heteroatoms. The highest BCUT2D eigenvalue weighted by molar-refractivity contribution is 5.84. The van der Waals surface area contributed by atoms with E-state index >= 15 is 0 Å². The van der Waals surface area contributed by atoms with Crippen LogP contribution in [0.15, 0.2) is 91.0 Å². The minimum atomic E-state index is -0.708. The second-order valence-corrected chi connectivity index (χ2v) is 10.1. The number of carbonyl (C=O) groups excluding carboxylic acids is 3.